The molecule has 1 aromatic heterocycles. The zero-order valence-electron chi connectivity index (χ0n) is 14.2. The van der Waals surface area contributed by atoms with E-state index >= 15 is 0 Å². The fourth-order valence-corrected chi connectivity index (χ4v) is 4.60. The quantitative estimate of drug-likeness (QED) is 0.545. The number of sulfonamides is 1. The summed E-state index contributed by atoms with van der Waals surface area (Å²) in [5.41, 5.74) is 0.0436. The third-order valence-electron chi connectivity index (χ3n) is 3.76. The Morgan fingerprint density at radius 2 is 1.89 bits per heavy atom. The Morgan fingerprint density at radius 3 is 2.57 bits per heavy atom. The molecule has 3 aromatic rings. The number of hydrogen-bond acceptors (Lipinski definition) is 5. The Labute approximate surface area is 168 Å². The van der Waals surface area contributed by atoms with Gasteiger partial charge in [0, 0.05) is 17.1 Å². The summed E-state index contributed by atoms with van der Waals surface area (Å²) in [6, 6.07) is 4.02. The molecule has 5 nitrogen and oxygen atoms in total. The van der Waals surface area contributed by atoms with Crippen molar-refractivity contribution in [3.8, 4) is 0 Å². The van der Waals surface area contributed by atoms with Crippen molar-refractivity contribution < 1.29 is 21.6 Å². The maximum Gasteiger partial charge on any atom is 0.266 e. The molecule has 0 spiro atoms. The van der Waals surface area contributed by atoms with Gasteiger partial charge in [0.2, 0.25) is 0 Å². The molecule has 0 unspecified atom stereocenters. The molecule has 0 radical (unpaired) electrons. The van der Waals surface area contributed by atoms with Crippen molar-refractivity contribution in [1.82, 2.24) is 4.98 Å². The first-order chi connectivity index (χ1) is 13.2. The molecule has 2 aromatic carbocycles. The van der Waals surface area contributed by atoms with Crippen LogP contribution in [0.4, 0.5) is 24.0 Å². The predicted molar refractivity (Wildman–Crippen MR) is 103 cm³/mol. The lowest BCUT2D eigenvalue weighted by molar-refractivity contribution is 0.569. The third-order valence-corrected chi connectivity index (χ3v) is 6.25. The Bertz CT molecular complexity index is 1110. The lowest BCUT2D eigenvalue weighted by Gasteiger charge is -2.18. The monoisotopic (exact) mass is 447 g/mol. The van der Waals surface area contributed by atoms with E-state index in [0.29, 0.717) is 0 Å². The highest BCUT2D eigenvalue weighted by Gasteiger charge is 2.23. The van der Waals surface area contributed by atoms with Crippen LogP contribution in [0.15, 0.2) is 46.8 Å². The molecule has 11 heteroatoms. The van der Waals surface area contributed by atoms with Crippen molar-refractivity contribution >= 4 is 43.8 Å². The molecule has 28 heavy (non-hydrogen) atoms. The van der Waals surface area contributed by atoms with Crippen LogP contribution < -0.4 is 10.0 Å². The van der Waals surface area contributed by atoms with E-state index in [4.69, 9.17) is 11.6 Å². The van der Waals surface area contributed by atoms with Gasteiger partial charge in [0.25, 0.3) is 10.0 Å². The fraction of sp³-hybridized carbons (Fsp3) is 0.118. The van der Waals surface area contributed by atoms with Crippen LogP contribution in [-0.4, -0.2) is 13.4 Å². The normalized spacial score (nSPS) is 12.6. The highest BCUT2D eigenvalue weighted by atomic mass is 35.5. The van der Waals surface area contributed by atoms with Gasteiger partial charge in [-0.25, -0.2) is 26.6 Å². The molecule has 0 saturated carbocycles. The largest absolute Gasteiger partial charge is 0.377 e. The van der Waals surface area contributed by atoms with Crippen LogP contribution in [0.1, 0.15) is 18.5 Å². The fourth-order valence-electron chi connectivity index (χ4n) is 2.45. The molecule has 0 aliphatic heterocycles. The lowest BCUT2D eigenvalue weighted by atomic mass is 10.1. The summed E-state index contributed by atoms with van der Waals surface area (Å²) in [7, 11) is -4.25. The van der Waals surface area contributed by atoms with E-state index in [2.05, 4.69) is 15.0 Å². The first-order valence-electron chi connectivity index (χ1n) is 7.80. The van der Waals surface area contributed by atoms with Gasteiger partial charge in [-0.1, -0.05) is 11.6 Å². The topological polar surface area (TPSA) is 71.1 Å². The van der Waals surface area contributed by atoms with Gasteiger partial charge in [-0.3, -0.25) is 4.72 Å². The van der Waals surface area contributed by atoms with Crippen LogP contribution in [0.5, 0.6) is 0 Å². The Balaban J connectivity index is 1.88. The van der Waals surface area contributed by atoms with E-state index in [9.17, 15) is 21.6 Å². The maximum absolute atomic E-state index is 14.5. The van der Waals surface area contributed by atoms with Crippen LogP contribution in [0.25, 0.3) is 0 Å². The molecule has 2 N–H and O–H groups in total. The number of nitrogens with zero attached hydrogens (tertiary/aromatic N) is 1. The molecule has 148 valence electrons. The number of nitrogens with one attached hydrogen (secondary N) is 2. The predicted octanol–water partition coefficient (Wildman–Crippen LogP) is 5.19. The van der Waals surface area contributed by atoms with Gasteiger partial charge < -0.3 is 5.32 Å². The number of anilines is 2. The van der Waals surface area contributed by atoms with Crippen molar-refractivity contribution in [3.05, 3.63) is 69.9 Å². The van der Waals surface area contributed by atoms with Crippen molar-refractivity contribution in [2.75, 3.05) is 10.0 Å². The third kappa shape index (κ3) is 4.40. The zero-order valence-corrected chi connectivity index (χ0v) is 16.6. The van der Waals surface area contributed by atoms with E-state index in [0.717, 1.165) is 41.7 Å². The van der Waals surface area contributed by atoms with E-state index in [1.165, 1.54) is 13.1 Å². The molecular weight excluding hydrogens is 435 g/mol. The second kappa shape index (κ2) is 7.98. The van der Waals surface area contributed by atoms with Gasteiger partial charge in [0.1, 0.15) is 22.3 Å². The molecular formula is C17H13ClF3N3O2S2. The molecule has 0 amide bonds. The average Bonchev–Trinajstić information content (AvgIpc) is 3.11. The van der Waals surface area contributed by atoms with Gasteiger partial charge in [0.05, 0.1) is 16.8 Å². The molecule has 1 atom stereocenters. The summed E-state index contributed by atoms with van der Waals surface area (Å²) >= 11 is 7.12. The van der Waals surface area contributed by atoms with Crippen molar-refractivity contribution in [2.24, 2.45) is 0 Å². The minimum Gasteiger partial charge on any atom is -0.377 e. The van der Waals surface area contributed by atoms with Crippen LogP contribution in [-0.2, 0) is 10.0 Å². The number of hydrogen-bond donors (Lipinski definition) is 2. The minimum atomic E-state index is -4.25. The van der Waals surface area contributed by atoms with E-state index in [-0.39, 0.29) is 21.4 Å². The smallest absolute Gasteiger partial charge is 0.266 e. The lowest BCUT2D eigenvalue weighted by Crippen LogP contribution is -2.15. The Morgan fingerprint density at radius 1 is 1.14 bits per heavy atom. The maximum atomic E-state index is 14.5. The highest BCUT2D eigenvalue weighted by Crippen LogP contribution is 2.32. The van der Waals surface area contributed by atoms with Crippen molar-refractivity contribution in [1.29, 1.82) is 0 Å². The zero-order chi connectivity index (χ0) is 20.5. The number of benzene rings is 2. The van der Waals surface area contributed by atoms with E-state index < -0.39 is 38.4 Å². The molecule has 0 aliphatic rings. The summed E-state index contributed by atoms with van der Waals surface area (Å²) in [6.07, 6.45) is 1.39. The number of aromatic nitrogens is 1. The average molecular weight is 448 g/mol. The molecule has 0 saturated heterocycles. The van der Waals surface area contributed by atoms with Gasteiger partial charge >= 0.3 is 0 Å². The second-order valence-electron chi connectivity index (χ2n) is 5.74. The number of rotatable bonds is 6. The second-order valence-corrected chi connectivity index (χ2v) is 8.69. The van der Waals surface area contributed by atoms with Crippen LogP contribution in [0.2, 0.25) is 5.02 Å². The SMILES string of the molecule is C[C@H](Nc1cc(F)c(S(=O)(=O)Nc2nccs2)cc1Cl)c1cc(F)ccc1F. The first kappa shape index (κ1) is 20.4. The molecule has 3 rings (SSSR count). The minimum absolute atomic E-state index is 0.0126. The Kier molecular flexibility index (Phi) is 5.82. The molecule has 0 bridgehead atoms. The molecule has 0 aliphatic carbocycles. The standard InChI is InChI=1S/C17H13ClF3N3O2S2/c1-9(11-6-10(19)2-3-13(11)20)23-15-8-14(21)16(7-12(15)18)28(25,26)24-17-22-4-5-27-17/h2-9,23H,1H3,(H,22,24)/t9-/m0/s1. The van der Waals surface area contributed by atoms with Gasteiger partial charge in [-0.2, -0.15) is 0 Å². The summed E-state index contributed by atoms with van der Waals surface area (Å²) in [4.78, 5) is 3.12. The van der Waals surface area contributed by atoms with E-state index in [1.54, 1.807) is 5.38 Å². The van der Waals surface area contributed by atoms with E-state index in [1.807, 2.05) is 0 Å². The van der Waals surface area contributed by atoms with Crippen LogP contribution >= 0.6 is 22.9 Å². The highest BCUT2D eigenvalue weighted by molar-refractivity contribution is 7.93. The summed E-state index contributed by atoms with van der Waals surface area (Å²) in [5, 5.41) is 4.28. The van der Waals surface area contributed by atoms with Gasteiger partial charge in [0.15, 0.2) is 5.13 Å². The molecule has 0 fully saturated rings. The summed E-state index contributed by atoms with van der Waals surface area (Å²) in [5.74, 6) is -2.34. The number of halogens is 4. The summed E-state index contributed by atoms with van der Waals surface area (Å²) < 4.78 is 68.6. The van der Waals surface area contributed by atoms with Gasteiger partial charge in [-0.05, 0) is 37.3 Å². The van der Waals surface area contributed by atoms with Crippen molar-refractivity contribution in [3.63, 3.8) is 0 Å². The van der Waals surface area contributed by atoms with Crippen LogP contribution in [0.3, 0.4) is 0 Å². The first-order valence-corrected chi connectivity index (χ1v) is 10.5. The van der Waals surface area contributed by atoms with Gasteiger partial charge in [-0.15, -0.1) is 11.3 Å². The Hall–Kier alpha value is -2.30. The summed E-state index contributed by atoms with van der Waals surface area (Å²) in [6.45, 7) is 1.53. The number of thiazole rings is 1. The van der Waals surface area contributed by atoms with Crippen molar-refractivity contribution in [2.45, 2.75) is 17.9 Å². The van der Waals surface area contributed by atoms with Crippen LogP contribution in [0, 0.1) is 17.5 Å². The molecule has 1 heterocycles.